The highest BCUT2D eigenvalue weighted by molar-refractivity contribution is 5.84. The molecule has 0 aliphatic heterocycles. The summed E-state index contributed by atoms with van der Waals surface area (Å²) in [6.45, 7) is 4.66. The lowest BCUT2D eigenvalue weighted by atomic mass is 9.89. The van der Waals surface area contributed by atoms with Gasteiger partial charge in [0.05, 0.1) is 11.5 Å². The largest absolute Gasteiger partial charge is 0.481 e. The van der Waals surface area contributed by atoms with Crippen molar-refractivity contribution in [2.75, 3.05) is 6.54 Å². The van der Waals surface area contributed by atoms with Crippen molar-refractivity contribution in [2.24, 2.45) is 5.41 Å². The molecule has 0 unspecified atom stereocenters. The molecular weight excluding hydrogens is 186 g/mol. The van der Waals surface area contributed by atoms with Crippen molar-refractivity contribution in [1.82, 2.24) is 5.32 Å². The first-order valence-corrected chi connectivity index (χ1v) is 4.44. The first-order valence-electron chi connectivity index (χ1n) is 4.44. The van der Waals surface area contributed by atoms with Crippen LogP contribution in [0, 0.1) is 5.41 Å². The van der Waals surface area contributed by atoms with E-state index in [9.17, 15) is 9.59 Å². The number of carboxylic acids is 1. The van der Waals surface area contributed by atoms with Crippen LogP contribution in [0.5, 0.6) is 0 Å². The van der Waals surface area contributed by atoms with Crippen LogP contribution < -0.4 is 5.32 Å². The average molecular weight is 203 g/mol. The third-order valence-corrected chi connectivity index (χ3v) is 1.78. The van der Waals surface area contributed by atoms with Crippen LogP contribution in [0.25, 0.3) is 0 Å². The predicted octanol–water partition coefficient (Wildman–Crippen LogP) is -0.0157. The molecule has 82 valence electrons. The van der Waals surface area contributed by atoms with E-state index in [2.05, 4.69) is 5.32 Å². The molecular formula is C9H17NO4. The number of hydrogen-bond acceptors (Lipinski definition) is 3. The van der Waals surface area contributed by atoms with E-state index in [1.54, 1.807) is 6.92 Å². The summed E-state index contributed by atoms with van der Waals surface area (Å²) in [7, 11) is 0. The van der Waals surface area contributed by atoms with E-state index in [0.29, 0.717) is 0 Å². The van der Waals surface area contributed by atoms with Gasteiger partial charge in [-0.05, 0) is 20.8 Å². The van der Waals surface area contributed by atoms with Crippen molar-refractivity contribution in [3.05, 3.63) is 0 Å². The van der Waals surface area contributed by atoms with E-state index in [4.69, 9.17) is 10.2 Å². The fourth-order valence-corrected chi connectivity index (χ4v) is 0.801. The quantitative estimate of drug-likeness (QED) is 0.586. The van der Waals surface area contributed by atoms with Gasteiger partial charge < -0.3 is 15.5 Å². The smallest absolute Gasteiger partial charge is 0.309 e. The number of aliphatic hydroxyl groups excluding tert-OH is 1. The van der Waals surface area contributed by atoms with Crippen LogP contribution >= 0.6 is 0 Å². The Morgan fingerprint density at radius 1 is 1.43 bits per heavy atom. The molecule has 5 nitrogen and oxygen atoms in total. The van der Waals surface area contributed by atoms with E-state index in [1.165, 1.54) is 13.8 Å². The zero-order valence-corrected chi connectivity index (χ0v) is 8.70. The van der Waals surface area contributed by atoms with Gasteiger partial charge in [-0.3, -0.25) is 9.59 Å². The molecule has 0 rings (SSSR count). The molecule has 1 atom stereocenters. The molecule has 0 saturated heterocycles. The van der Waals surface area contributed by atoms with Crippen molar-refractivity contribution in [3.8, 4) is 0 Å². The van der Waals surface area contributed by atoms with Gasteiger partial charge in [-0.15, -0.1) is 0 Å². The predicted molar refractivity (Wildman–Crippen MR) is 50.7 cm³/mol. The number of carboxylic acid groups (broad SMARTS) is 1. The van der Waals surface area contributed by atoms with Gasteiger partial charge in [-0.1, -0.05) is 0 Å². The van der Waals surface area contributed by atoms with E-state index in [1.807, 2.05) is 0 Å². The molecule has 5 heteroatoms. The molecule has 14 heavy (non-hydrogen) atoms. The van der Waals surface area contributed by atoms with Crippen LogP contribution in [-0.2, 0) is 9.59 Å². The highest BCUT2D eigenvalue weighted by atomic mass is 16.4. The molecule has 0 aromatic rings. The minimum absolute atomic E-state index is 0.0882. The maximum atomic E-state index is 11.2. The first kappa shape index (κ1) is 12.9. The van der Waals surface area contributed by atoms with Crippen molar-refractivity contribution < 1.29 is 19.8 Å². The van der Waals surface area contributed by atoms with E-state index < -0.39 is 17.5 Å². The third kappa shape index (κ3) is 4.81. The summed E-state index contributed by atoms with van der Waals surface area (Å²) in [5, 5.41) is 20.1. The molecule has 0 aromatic carbocycles. The fraction of sp³-hybridized carbons (Fsp3) is 0.778. The van der Waals surface area contributed by atoms with Crippen LogP contribution in [-0.4, -0.2) is 34.7 Å². The first-order chi connectivity index (χ1) is 6.25. The number of rotatable bonds is 5. The summed E-state index contributed by atoms with van der Waals surface area (Å²) in [4.78, 5) is 21.8. The summed E-state index contributed by atoms with van der Waals surface area (Å²) < 4.78 is 0. The van der Waals surface area contributed by atoms with Gasteiger partial charge in [0.1, 0.15) is 0 Å². The Hall–Kier alpha value is -1.10. The molecule has 3 N–H and O–H groups in total. The highest BCUT2D eigenvalue weighted by Crippen LogP contribution is 2.19. The molecule has 0 heterocycles. The van der Waals surface area contributed by atoms with E-state index in [-0.39, 0.29) is 18.9 Å². The van der Waals surface area contributed by atoms with Crippen LogP contribution in [0.2, 0.25) is 0 Å². The maximum absolute atomic E-state index is 11.2. The minimum atomic E-state index is -1.07. The normalized spacial score (nSPS) is 13.4. The summed E-state index contributed by atoms with van der Waals surface area (Å²) in [5.41, 5.74) is -1.07. The Kier molecular flexibility index (Phi) is 4.56. The Balaban J connectivity index is 4.00. The zero-order valence-electron chi connectivity index (χ0n) is 8.70. The van der Waals surface area contributed by atoms with Gasteiger partial charge in [0.15, 0.2) is 0 Å². The van der Waals surface area contributed by atoms with Crippen LogP contribution in [0.4, 0.5) is 0 Å². The second-order valence-electron chi connectivity index (χ2n) is 4.02. The third-order valence-electron chi connectivity index (χ3n) is 1.78. The molecule has 0 fully saturated rings. The molecule has 0 aromatic heterocycles. The van der Waals surface area contributed by atoms with E-state index >= 15 is 0 Å². The topological polar surface area (TPSA) is 86.6 Å². The molecule has 0 bridgehead atoms. The number of amides is 1. The lowest BCUT2D eigenvalue weighted by Gasteiger charge is -2.18. The van der Waals surface area contributed by atoms with Crippen LogP contribution in [0.3, 0.4) is 0 Å². The van der Waals surface area contributed by atoms with Crippen LogP contribution in [0.1, 0.15) is 27.2 Å². The average Bonchev–Trinajstić information content (AvgIpc) is 1.99. The van der Waals surface area contributed by atoms with Gasteiger partial charge in [0.2, 0.25) is 5.91 Å². The van der Waals surface area contributed by atoms with Crippen molar-refractivity contribution in [3.63, 3.8) is 0 Å². The van der Waals surface area contributed by atoms with Gasteiger partial charge in [0.25, 0.3) is 0 Å². The Labute approximate surface area is 83.1 Å². The fourth-order valence-electron chi connectivity index (χ4n) is 0.801. The van der Waals surface area contributed by atoms with Crippen LogP contribution in [0.15, 0.2) is 0 Å². The standard InChI is InChI=1S/C9H17NO4/c1-6(11)5-10-7(12)4-9(2,3)8(13)14/h6,11H,4-5H2,1-3H3,(H,10,12)(H,13,14)/t6-/m1/s1. The Bertz CT molecular complexity index is 223. The maximum Gasteiger partial charge on any atom is 0.309 e. The number of nitrogens with one attached hydrogen (secondary N) is 1. The summed E-state index contributed by atoms with van der Waals surface area (Å²) in [6.07, 6.45) is -0.707. The van der Waals surface area contributed by atoms with Gasteiger partial charge >= 0.3 is 5.97 Å². The molecule has 0 radical (unpaired) electrons. The Morgan fingerprint density at radius 2 is 1.93 bits per heavy atom. The SMILES string of the molecule is C[C@@H](O)CNC(=O)CC(C)(C)C(=O)O. The Morgan fingerprint density at radius 3 is 2.29 bits per heavy atom. The zero-order chi connectivity index (χ0) is 11.4. The molecule has 0 aliphatic rings. The summed E-state index contributed by atoms with van der Waals surface area (Å²) in [5.74, 6) is -1.37. The number of carbonyl (C=O) groups is 2. The summed E-state index contributed by atoms with van der Waals surface area (Å²) >= 11 is 0. The van der Waals surface area contributed by atoms with Gasteiger partial charge in [0, 0.05) is 13.0 Å². The molecule has 0 spiro atoms. The lowest BCUT2D eigenvalue weighted by Crippen LogP contribution is -2.36. The molecule has 0 aliphatic carbocycles. The lowest BCUT2D eigenvalue weighted by molar-refractivity contribution is -0.149. The molecule has 0 saturated carbocycles. The number of hydrogen-bond donors (Lipinski definition) is 3. The van der Waals surface area contributed by atoms with Crippen molar-refractivity contribution >= 4 is 11.9 Å². The number of aliphatic hydroxyl groups is 1. The highest BCUT2D eigenvalue weighted by Gasteiger charge is 2.29. The van der Waals surface area contributed by atoms with E-state index in [0.717, 1.165) is 0 Å². The van der Waals surface area contributed by atoms with Crippen molar-refractivity contribution in [2.45, 2.75) is 33.3 Å². The molecule has 1 amide bonds. The monoisotopic (exact) mass is 203 g/mol. The second kappa shape index (κ2) is 4.95. The summed E-state index contributed by atoms with van der Waals surface area (Å²) in [6, 6.07) is 0. The minimum Gasteiger partial charge on any atom is -0.481 e. The van der Waals surface area contributed by atoms with Gasteiger partial charge in [-0.25, -0.2) is 0 Å². The van der Waals surface area contributed by atoms with Gasteiger partial charge in [-0.2, -0.15) is 0 Å². The number of aliphatic carboxylic acids is 1. The second-order valence-corrected chi connectivity index (χ2v) is 4.02. The van der Waals surface area contributed by atoms with Crippen molar-refractivity contribution in [1.29, 1.82) is 0 Å². The number of carbonyl (C=O) groups excluding carboxylic acids is 1.